The Labute approximate surface area is 165 Å². The third kappa shape index (κ3) is 2.81. The Balaban J connectivity index is 1.66. The van der Waals surface area contributed by atoms with Crippen LogP contribution in [0.2, 0.25) is 0 Å². The molecule has 4 aromatic rings. The molecule has 0 bridgehead atoms. The molecule has 1 aliphatic rings. The van der Waals surface area contributed by atoms with Crippen molar-refractivity contribution in [1.29, 1.82) is 0 Å². The van der Waals surface area contributed by atoms with E-state index >= 15 is 0 Å². The van der Waals surface area contributed by atoms with Crippen LogP contribution >= 0.6 is 11.3 Å². The van der Waals surface area contributed by atoms with E-state index in [4.69, 9.17) is 4.98 Å². The minimum atomic E-state index is -3.17. The molecule has 1 aliphatic heterocycles. The number of benzene rings is 2. The van der Waals surface area contributed by atoms with Gasteiger partial charge in [0.2, 0.25) is 10.0 Å². The predicted octanol–water partition coefficient (Wildman–Crippen LogP) is 3.22. The average Bonchev–Trinajstić information content (AvgIpc) is 3.13. The highest BCUT2D eigenvalue weighted by Gasteiger charge is 2.25. The van der Waals surface area contributed by atoms with Crippen molar-refractivity contribution >= 4 is 58.3 Å². The van der Waals surface area contributed by atoms with Gasteiger partial charge in [-0.2, -0.15) is 4.31 Å². The summed E-state index contributed by atoms with van der Waals surface area (Å²) in [5, 5.41) is 4.46. The van der Waals surface area contributed by atoms with Gasteiger partial charge in [-0.15, -0.1) is 0 Å². The highest BCUT2D eigenvalue weighted by Crippen LogP contribution is 2.40. The molecule has 0 radical (unpaired) electrons. The van der Waals surface area contributed by atoms with Gasteiger partial charge in [0.25, 0.3) is 0 Å². The van der Waals surface area contributed by atoms with E-state index in [1.165, 1.54) is 22.7 Å². The lowest BCUT2D eigenvalue weighted by Gasteiger charge is -2.32. The normalized spacial score (nSPS) is 16.4. The van der Waals surface area contributed by atoms with Crippen LogP contribution in [0, 0.1) is 5.82 Å². The molecule has 144 valence electrons. The van der Waals surface area contributed by atoms with Crippen molar-refractivity contribution in [1.82, 2.24) is 14.3 Å². The Hall–Kier alpha value is -2.36. The van der Waals surface area contributed by atoms with Crippen molar-refractivity contribution in [3.05, 3.63) is 42.5 Å². The maximum atomic E-state index is 13.9. The zero-order chi connectivity index (χ0) is 19.5. The number of sulfonamides is 1. The second-order valence-corrected chi connectivity index (χ2v) is 9.89. The molecule has 1 saturated heterocycles. The first-order chi connectivity index (χ1) is 13.4. The highest BCUT2D eigenvalue weighted by molar-refractivity contribution is 7.88. The summed E-state index contributed by atoms with van der Waals surface area (Å²) >= 11 is 1.59. The fourth-order valence-electron chi connectivity index (χ4n) is 3.77. The minimum absolute atomic E-state index is 0.288. The summed E-state index contributed by atoms with van der Waals surface area (Å²) in [4.78, 5) is 11.2. The second kappa shape index (κ2) is 6.33. The molecule has 1 fully saturated rings. The largest absolute Gasteiger partial charge is 0.345 e. The van der Waals surface area contributed by atoms with Gasteiger partial charge >= 0.3 is 0 Å². The van der Waals surface area contributed by atoms with Gasteiger partial charge in [0.1, 0.15) is 5.82 Å². The fraction of sp³-hybridized carbons (Fsp3) is 0.263. The van der Waals surface area contributed by atoms with Crippen LogP contribution in [0.25, 0.3) is 31.8 Å². The first-order valence-electron chi connectivity index (χ1n) is 8.87. The number of rotatable bonds is 2. The number of thiazole rings is 1. The lowest BCUT2D eigenvalue weighted by molar-refractivity contribution is 0.388. The highest BCUT2D eigenvalue weighted by atomic mass is 32.2. The van der Waals surface area contributed by atoms with Crippen molar-refractivity contribution in [3.8, 4) is 0 Å². The van der Waals surface area contributed by atoms with E-state index in [1.807, 2.05) is 6.07 Å². The first-order valence-corrected chi connectivity index (χ1v) is 11.5. The number of fused-ring (bicyclic) bond motifs is 6. The molecule has 0 saturated carbocycles. The Morgan fingerprint density at radius 2 is 1.82 bits per heavy atom. The van der Waals surface area contributed by atoms with Gasteiger partial charge in [-0.1, -0.05) is 11.3 Å². The molecule has 0 aliphatic carbocycles. The van der Waals surface area contributed by atoms with Crippen molar-refractivity contribution in [2.75, 3.05) is 37.3 Å². The fourth-order valence-corrected chi connectivity index (χ4v) is 5.77. The van der Waals surface area contributed by atoms with Crippen LogP contribution < -0.4 is 4.90 Å². The Bertz CT molecular complexity index is 1330. The number of hydrogen-bond acceptors (Lipinski definition) is 6. The van der Waals surface area contributed by atoms with Gasteiger partial charge < -0.3 is 4.90 Å². The summed E-state index contributed by atoms with van der Waals surface area (Å²) in [6, 6.07) is 6.69. The quantitative estimate of drug-likeness (QED) is 0.470. The van der Waals surface area contributed by atoms with Crippen molar-refractivity contribution in [2.45, 2.75) is 0 Å². The Morgan fingerprint density at radius 3 is 2.57 bits per heavy atom. The minimum Gasteiger partial charge on any atom is -0.345 e. The van der Waals surface area contributed by atoms with Crippen LogP contribution in [0.3, 0.4) is 0 Å². The van der Waals surface area contributed by atoms with Crippen LogP contribution in [-0.2, 0) is 10.0 Å². The molecule has 5 rings (SSSR count). The Morgan fingerprint density at radius 1 is 1.04 bits per heavy atom. The monoisotopic (exact) mass is 416 g/mol. The zero-order valence-corrected chi connectivity index (χ0v) is 16.7. The summed E-state index contributed by atoms with van der Waals surface area (Å²) in [6.45, 7) is 2.09. The number of halogens is 1. The lowest BCUT2D eigenvalue weighted by Crippen LogP contribution is -2.48. The number of aromatic nitrogens is 2. The SMILES string of the molecule is CS(=O)(=O)N1CCN(c2nc3c4ccc(F)cc4c4cnccc4c3s2)CC1. The van der Waals surface area contributed by atoms with Crippen molar-refractivity contribution in [3.63, 3.8) is 0 Å². The van der Waals surface area contributed by atoms with Crippen molar-refractivity contribution < 1.29 is 12.8 Å². The topological polar surface area (TPSA) is 66.4 Å². The van der Waals surface area contributed by atoms with Crippen LogP contribution in [0.1, 0.15) is 0 Å². The summed E-state index contributed by atoms with van der Waals surface area (Å²) < 4.78 is 39.9. The van der Waals surface area contributed by atoms with Gasteiger partial charge in [0.05, 0.1) is 16.5 Å². The number of anilines is 1. The molecule has 3 heterocycles. The van der Waals surface area contributed by atoms with E-state index in [0.717, 1.165) is 36.9 Å². The molecule has 28 heavy (non-hydrogen) atoms. The van der Waals surface area contributed by atoms with E-state index in [1.54, 1.807) is 29.8 Å². The number of pyridine rings is 1. The van der Waals surface area contributed by atoms with Crippen LogP contribution in [0.15, 0.2) is 36.7 Å². The molecule has 0 unspecified atom stereocenters. The first kappa shape index (κ1) is 17.7. The second-order valence-electron chi connectivity index (χ2n) is 6.93. The molecule has 6 nitrogen and oxygen atoms in total. The number of piperazine rings is 1. The molecular formula is C19H17FN4O2S2. The van der Waals surface area contributed by atoms with Gasteiger partial charge in [-0.05, 0) is 29.7 Å². The van der Waals surface area contributed by atoms with Gasteiger partial charge in [-0.25, -0.2) is 17.8 Å². The molecule has 2 aromatic heterocycles. The average molecular weight is 417 g/mol. The molecular weight excluding hydrogens is 399 g/mol. The van der Waals surface area contributed by atoms with Crippen LogP contribution in [0.5, 0.6) is 0 Å². The zero-order valence-electron chi connectivity index (χ0n) is 15.1. The number of nitrogens with zero attached hydrogens (tertiary/aromatic N) is 4. The van der Waals surface area contributed by atoms with E-state index in [0.29, 0.717) is 26.2 Å². The smallest absolute Gasteiger partial charge is 0.211 e. The summed E-state index contributed by atoms with van der Waals surface area (Å²) in [5.41, 5.74) is 0.847. The molecule has 0 N–H and O–H groups in total. The van der Waals surface area contributed by atoms with E-state index in [9.17, 15) is 12.8 Å². The molecule has 0 spiro atoms. The maximum Gasteiger partial charge on any atom is 0.211 e. The summed E-state index contributed by atoms with van der Waals surface area (Å²) in [5.74, 6) is -0.288. The van der Waals surface area contributed by atoms with E-state index < -0.39 is 10.0 Å². The molecule has 9 heteroatoms. The summed E-state index contributed by atoms with van der Waals surface area (Å²) in [7, 11) is -3.17. The van der Waals surface area contributed by atoms with Crippen molar-refractivity contribution in [2.24, 2.45) is 0 Å². The molecule has 2 aromatic carbocycles. The molecule has 0 amide bonds. The predicted molar refractivity (Wildman–Crippen MR) is 111 cm³/mol. The maximum absolute atomic E-state index is 13.9. The van der Waals surface area contributed by atoms with E-state index in [-0.39, 0.29) is 5.82 Å². The number of hydrogen-bond donors (Lipinski definition) is 0. The van der Waals surface area contributed by atoms with E-state index in [2.05, 4.69) is 9.88 Å². The molecule has 0 atom stereocenters. The van der Waals surface area contributed by atoms with Crippen LogP contribution in [-0.4, -0.2) is 55.1 Å². The summed E-state index contributed by atoms with van der Waals surface area (Å²) in [6.07, 6.45) is 4.74. The lowest BCUT2D eigenvalue weighted by atomic mass is 10.0. The van der Waals surface area contributed by atoms with Gasteiger partial charge in [0.15, 0.2) is 5.13 Å². The third-order valence-electron chi connectivity index (χ3n) is 5.19. The standard InChI is InChI=1S/C19H17FN4O2S2/c1-28(25,26)24-8-6-23(7-9-24)19-22-17-13-3-2-12(20)10-15(13)16-11-21-5-4-14(16)18(17)27-19/h2-5,10-11H,6-9H2,1H3. The van der Waals surface area contributed by atoms with Gasteiger partial charge in [-0.3, -0.25) is 4.98 Å². The Kier molecular flexibility index (Phi) is 4.01. The van der Waals surface area contributed by atoms with Crippen LogP contribution in [0.4, 0.5) is 9.52 Å². The van der Waals surface area contributed by atoms with Gasteiger partial charge in [0, 0.05) is 54.7 Å². The third-order valence-corrected chi connectivity index (χ3v) is 7.64.